The standard InChI is InChI=1S/C16H19NO2/c1-4-13-7-9-14(10-8-13)15-6-5-11-17(15)16(18)19-12(2)3/h5-12H,4H2,1-3H3. The van der Waals surface area contributed by atoms with Crippen LogP contribution in [0.4, 0.5) is 4.79 Å². The number of hydrogen-bond donors (Lipinski definition) is 0. The monoisotopic (exact) mass is 257 g/mol. The summed E-state index contributed by atoms with van der Waals surface area (Å²) in [5.41, 5.74) is 3.16. The molecule has 0 fully saturated rings. The summed E-state index contributed by atoms with van der Waals surface area (Å²) in [4.78, 5) is 12.0. The van der Waals surface area contributed by atoms with Gasteiger partial charge in [0.15, 0.2) is 0 Å². The van der Waals surface area contributed by atoms with Crippen molar-refractivity contribution in [2.75, 3.05) is 0 Å². The molecule has 0 saturated heterocycles. The summed E-state index contributed by atoms with van der Waals surface area (Å²) < 4.78 is 6.77. The van der Waals surface area contributed by atoms with Gasteiger partial charge in [0, 0.05) is 6.20 Å². The zero-order chi connectivity index (χ0) is 13.8. The van der Waals surface area contributed by atoms with E-state index in [1.165, 1.54) is 5.56 Å². The predicted molar refractivity (Wildman–Crippen MR) is 76.3 cm³/mol. The average Bonchev–Trinajstić information content (AvgIpc) is 2.87. The van der Waals surface area contributed by atoms with Gasteiger partial charge < -0.3 is 4.74 Å². The number of nitrogens with zero attached hydrogens (tertiary/aromatic N) is 1. The van der Waals surface area contributed by atoms with Gasteiger partial charge in [0.2, 0.25) is 0 Å². The van der Waals surface area contributed by atoms with Gasteiger partial charge in [0.1, 0.15) is 0 Å². The lowest BCUT2D eigenvalue weighted by molar-refractivity contribution is 0.117. The lowest BCUT2D eigenvalue weighted by atomic mass is 10.1. The number of hydrogen-bond acceptors (Lipinski definition) is 2. The quantitative estimate of drug-likeness (QED) is 0.828. The summed E-state index contributed by atoms with van der Waals surface area (Å²) in [6.45, 7) is 5.81. The predicted octanol–water partition coefficient (Wildman–Crippen LogP) is 4.11. The van der Waals surface area contributed by atoms with Crippen LogP contribution in [0.25, 0.3) is 11.3 Å². The number of ether oxygens (including phenoxy) is 1. The van der Waals surface area contributed by atoms with Crippen molar-refractivity contribution in [1.82, 2.24) is 4.57 Å². The highest BCUT2D eigenvalue weighted by Crippen LogP contribution is 2.21. The molecule has 0 aliphatic heterocycles. The van der Waals surface area contributed by atoms with E-state index < -0.39 is 0 Å². The fraction of sp³-hybridized carbons (Fsp3) is 0.312. The molecule has 0 radical (unpaired) electrons. The maximum atomic E-state index is 12.0. The van der Waals surface area contributed by atoms with E-state index in [9.17, 15) is 4.79 Å². The minimum Gasteiger partial charge on any atom is -0.446 e. The van der Waals surface area contributed by atoms with Crippen LogP contribution in [0.3, 0.4) is 0 Å². The molecule has 0 amide bonds. The van der Waals surface area contributed by atoms with Crippen molar-refractivity contribution in [3.8, 4) is 11.3 Å². The van der Waals surface area contributed by atoms with Crippen LogP contribution in [0.15, 0.2) is 42.6 Å². The molecule has 1 aromatic heterocycles. The molecule has 2 rings (SSSR count). The number of carbonyl (C=O) groups excluding carboxylic acids is 1. The first-order chi connectivity index (χ1) is 9.11. The van der Waals surface area contributed by atoms with E-state index >= 15 is 0 Å². The summed E-state index contributed by atoms with van der Waals surface area (Å²) >= 11 is 0. The maximum absolute atomic E-state index is 12.0. The van der Waals surface area contributed by atoms with Crippen LogP contribution >= 0.6 is 0 Å². The summed E-state index contributed by atoms with van der Waals surface area (Å²) in [6.07, 6.45) is 2.28. The van der Waals surface area contributed by atoms with Crippen molar-refractivity contribution in [2.24, 2.45) is 0 Å². The Hall–Kier alpha value is -2.03. The number of aryl methyl sites for hydroxylation is 1. The van der Waals surface area contributed by atoms with Crippen LogP contribution in [0.1, 0.15) is 26.3 Å². The van der Waals surface area contributed by atoms with Gasteiger partial charge in [0.25, 0.3) is 0 Å². The summed E-state index contributed by atoms with van der Waals surface area (Å²) in [5, 5.41) is 0. The number of rotatable bonds is 3. The van der Waals surface area contributed by atoms with Crippen molar-refractivity contribution in [2.45, 2.75) is 33.3 Å². The van der Waals surface area contributed by atoms with E-state index in [0.717, 1.165) is 17.7 Å². The van der Waals surface area contributed by atoms with E-state index in [1.807, 2.05) is 38.1 Å². The Morgan fingerprint density at radius 3 is 2.47 bits per heavy atom. The Balaban J connectivity index is 2.30. The first kappa shape index (κ1) is 13.4. The topological polar surface area (TPSA) is 31.2 Å². The number of aromatic nitrogens is 1. The summed E-state index contributed by atoms with van der Waals surface area (Å²) in [6, 6.07) is 12.0. The first-order valence-electron chi connectivity index (χ1n) is 6.59. The minimum atomic E-state index is -0.338. The Morgan fingerprint density at radius 1 is 1.21 bits per heavy atom. The normalized spacial score (nSPS) is 10.7. The molecule has 1 aromatic carbocycles. The lowest BCUT2D eigenvalue weighted by Crippen LogP contribution is -2.17. The maximum Gasteiger partial charge on any atom is 0.418 e. The summed E-state index contributed by atoms with van der Waals surface area (Å²) in [5.74, 6) is 0. The zero-order valence-corrected chi connectivity index (χ0v) is 11.6. The van der Waals surface area contributed by atoms with Gasteiger partial charge in [-0.15, -0.1) is 0 Å². The SMILES string of the molecule is CCc1ccc(-c2cccn2C(=O)OC(C)C)cc1. The molecule has 2 aromatic rings. The van der Waals surface area contributed by atoms with Gasteiger partial charge in [-0.2, -0.15) is 0 Å². The number of carbonyl (C=O) groups is 1. The van der Waals surface area contributed by atoms with Gasteiger partial charge in [-0.1, -0.05) is 31.2 Å². The highest BCUT2D eigenvalue weighted by molar-refractivity contribution is 5.78. The molecule has 0 atom stereocenters. The molecule has 0 saturated carbocycles. The molecule has 0 aliphatic carbocycles. The molecule has 0 bridgehead atoms. The van der Waals surface area contributed by atoms with E-state index in [1.54, 1.807) is 10.8 Å². The summed E-state index contributed by atoms with van der Waals surface area (Å²) in [7, 11) is 0. The molecule has 3 nitrogen and oxygen atoms in total. The molecule has 0 spiro atoms. The molecule has 0 unspecified atom stereocenters. The Labute approximate surface area is 113 Å². The molecule has 19 heavy (non-hydrogen) atoms. The van der Waals surface area contributed by atoms with Crippen LogP contribution in [0.2, 0.25) is 0 Å². The first-order valence-corrected chi connectivity index (χ1v) is 6.59. The fourth-order valence-electron chi connectivity index (χ4n) is 1.94. The second-order valence-corrected chi connectivity index (χ2v) is 4.75. The van der Waals surface area contributed by atoms with Crippen LogP contribution in [-0.2, 0) is 11.2 Å². The third kappa shape index (κ3) is 3.05. The van der Waals surface area contributed by atoms with Crippen LogP contribution in [-0.4, -0.2) is 16.8 Å². The molecular formula is C16H19NO2. The Kier molecular flexibility index (Phi) is 4.05. The van der Waals surface area contributed by atoms with Crippen LogP contribution in [0, 0.1) is 0 Å². The van der Waals surface area contributed by atoms with Crippen molar-refractivity contribution in [1.29, 1.82) is 0 Å². The fourth-order valence-corrected chi connectivity index (χ4v) is 1.94. The highest BCUT2D eigenvalue weighted by Gasteiger charge is 2.13. The van der Waals surface area contributed by atoms with Crippen LogP contribution < -0.4 is 0 Å². The van der Waals surface area contributed by atoms with Gasteiger partial charge >= 0.3 is 6.09 Å². The van der Waals surface area contributed by atoms with Crippen molar-refractivity contribution < 1.29 is 9.53 Å². The molecule has 0 aliphatic rings. The second kappa shape index (κ2) is 5.74. The van der Waals surface area contributed by atoms with Crippen molar-refractivity contribution >= 4 is 6.09 Å². The number of benzene rings is 1. The van der Waals surface area contributed by atoms with Gasteiger partial charge in [0.05, 0.1) is 11.8 Å². The van der Waals surface area contributed by atoms with E-state index in [0.29, 0.717) is 0 Å². The smallest absolute Gasteiger partial charge is 0.418 e. The van der Waals surface area contributed by atoms with Crippen molar-refractivity contribution in [3.63, 3.8) is 0 Å². The molecule has 3 heteroatoms. The molecule has 100 valence electrons. The van der Waals surface area contributed by atoms with Crippen molar-refractivity contribution in [3.05, 3.63) is 48.2 Å². The van der Waals surface area contributed by atoms with E-state index in [-0.39, 0.29) is 12.2 Å². The Bertz CT molecular complexity index is 552. The van der Waals surface area contributed by atoms with Crippen LogP contribution in [0.5, 0.6) is 0 Å². The van der Waals surface area contributed by atoms with E-state index in [4.69, 9.17) is 4.74 Å². The Morgan fingerprint density at radius 2 is 1.89 bits per heavy atom. The third-order valence-corrected chi connectivity index (χ3v) is 2.94. The minimum absolute atomic E-state index is 0.120. The van der Waals surface area contributed by atoms with Gasteiger partial charge in [-0.3, -0.25) is 4.57 Å². The van der Waals surface area contributed by atoms with E-state index in [2.05, 4.69) is 19.1 Å². The highest BCUT2D eigenvalue weighted by atomic mass is 16.6. The molecule has 1 heterocycles. The molecular weight excluding hydrogens is 238 g/mol. The van der Waals surface area contributed by atoms with Gasteiger partial charge in [-0.05, 0) is 43.5 Å². The van der Waals surface area contributed by atoms with Gasteiger partial charge in [-0.25, -0.2) is 4.79 Å². The average molecular weight is 257 g/mol. The molecule has 0 N–H and O–H groups in total. The largest absolute Gasteiger partial charge is 0.446 e. The lowest BCUT2D eigenvalue weighted by Gasteiger charge is -2.11. The zero-order valence-electron chi connectivity index (χ0n) is 11.6. The third-order valence-electron chi connectivity index (χ3n) is 2.94. The second-order valence-electron chi connectivity index (χ2n) is 4.75.